The van der Waals surface area contributed by atoms with Crippen molar-refractivity contribution in [1.82, 2.24) is 5.32 Å². The summed E-state index contributed by atoms with van der Waals surface area (Å²) >= 11 is 1.31. The zero-order valence-electron chi connectivity index (χ0n) is 12.0. The predicted octanol–water partition coefficient (Wildman–Crippen LogP) is 1.00. The van der Waals surface area contributed by atoms with Gasteiger partial charge >= 0.3 is 12.1 Å². The number of thioether (sulfide) groups is 1. The van der Waals surface area contributed by atoms with E-state index in [2.05, 4.69) is 11.2 Å². The molecule has 0 aromatic rings. The highest BCUT2D eigenvalue weighted by atomic mass is 32.2. The second-order valence-corrected chi connectivity index (χ2v) is 5.69. The van der Waals surface area contributed by atoms with E-state index in [1.54, 1.807) is 13.2 Å². The van der Waals surface area contributed by atoms with Crippen LogP contribution in [0.4, 0.5) is 4.79 Å². The summed E-state index contributed by atoms with van der Waals surface area (Å²) in [5, 5.41) is 21.1. The standard InChI is InChI=1S/C14H19NO5S/c1-4-9-5-10(6-12(16)8(9)2)20-14(19)15-11(7-21-3)13(17)18/h1,10-12,16H,5-7H2,2-3H3,(H,15,19)(H,17,18)/t10-,11+,12+/m1/s1. The Morgan fingerprint density at radius 1 is 1.62 bits per heavy atom. The molecule has 7 heteroatoms. The Kier molecular flexibility index (Phi) is 6.59. The van der Waals surface area contributed by atoms with Gasteiger partial charge in [0.05, 0.1) is 6.10 Å². The van der Waals surface area contributed by atoms with Crippen LogP contribution in [0.5, 0.6) is 0 Å². The Bertz CT molecular complexity index is 482. The van der Waals surface area contributed by atoms with Crippen molar-refractivity contribution in [1.29, 1.82) is 0 Å². The molecule has 0 spiro atoms. The highest BCUT2D eigenvalue weighted by molar-refractivity contribution is 7.98. The van der Waals surface area contributed by atoms with E-state index in [0.29, 0.717) is 17.6 Å². The molecular weight excluding hydrogens is 294 g/mol. The highest BCUT2D eigenvalue weighted by Crippen LogP contribution is 2.26. The minimum Gasteiger partial charge on any atom is -0.480 e. The van der Waals surface area contributed by atoms with Crippen LogP contribution in [0, 0.1) is 12.3 Å². The summed E-state index contributed by atoms with van der Waals surface area (Å²) in [6, 6.07) is -1.01. The van der Waals surface area contributed by atoms with Crippen LogP contribution in [0.2, 0.25) is 0 Å². The first kappa shape index (κ1) is 17.4. The fourth-order valence-electron chi connectivity index (χ4n) is 2.03. The molecule has 3 atom stereocenters. The van der Waals surface area contributed by atoms with Crippen LogP contribution in [-0.2, 0) is 9.53 Å². The van der Waals surface area contributed by atoms with Crippen LogP contribution < -0.4 is 5.32 Å². The smallest absolute Gasteiger partial charge is 0.408 e. The van der Waals surface area contributed by atoms with E-state index in [0.717, 1.165) is 0 Å². The Labute approximate surface area is 127 Å². The number of carboxylic acids is 1. The summed E-state index contributed by atoms with van der Waals surface area (Å²) in [5.74, 6) is 1.60. The maximum atomic E-state index is 11.7. The van der Waals surface area contributed by atoms with E-state index in [4.69, 9.17) is 16.3 Å². The molecule has 0 saturated heterocycles. The van der Waals surface area contributed by atoms with Gasteiger partial charge in [-0.25, -0.2) is 9.59 Å². The first-order chi connectivity index (χ1) is 9.88. The number of rotatable bonds is 5. The van der Waals surface area contributed by atoms with Crippen molar-refractivity contribution in [3.63, 3.8) is 0 Å². The van der Waals surface area contributed by atoms with Crippen molar-refractivity contribution >= 4 is 23.8 Å². The van der Waals surface area contributed by atoms with E-state index in [-0.39, 0.29) is 12.2 Å². The Morgan fingerprint density at radius 3 is 2.81 bits per heavy atom. The summed E-state index contributed by atoms with van der Waals surface area (Å²) in [6.07, 6.45) is 5.59. The van der Waals surface area contributed by atoms with E-state index < -0.39 is 30.3 Å². The molecular formula is C14H19NO5S. The molecule has 0 aliphatic heterocycles. The lowest BCUT2D eigenvalue weighted by Crippen LogP contribution is -2.44. The van der Waals surface area contributed by atoms with Gasteiger partial charge in [0.15, 0.2) is 0 Å². The molecule has 0 radical (unpaired) electrons. The van der Waals surface area contributed by atoms with Crippen LogP contribution >= 0.6 is 11.8 Å². The molecule has 1 rings (SSSR count). The van der Waals surface area contributed by atoms with E-state index >= 15 is 0 Å². The zero-order chi connectivity index (χ0) is 16.0. The van der Waals surface area contributed by atoms with Crippen molar-refractivity contribution in [3.8, 4) is 12.3 Å². The minimum absolute atomic E-state index is 0.242. The van der Waals surface area contributed by atoms with Gasteiger partial charge in [0.25, 0.3) is 0 Å². The monoisotopic (exact) mass is 313 g/mol. The lowest BCUT2D eigenvalue weighted by atomic mass is 9.89. The van der Waals surface area contributed by atoms with Crippen molar-refractivity contribution in [2.24, 2.45) is 0 Å². The number of carbonyl (C=O) groups excluding carboxylic acids is 1. The van der Waals surface area contributed by atoms with E-state index in [1.165, 1.54) is 11.8 Å². The second-order valence-electron chi connectivity index (χ2n) is 4.78. The van der Waals surface area contributed by atoms with Crippen LogP contribution in [0.1, 0.15) is 19.8 Å². The summed E-state index contributed by atoms with van der Waals surface area (Å²) < 4.78 is 5.16. The number of carboxylic acid groups (broad SMARTS) is 1. The molecule has 1 aliphatic rings. The van der Waals surface area contributed by atoms with Gasteiger partial charge in [-0.05, 0) is 18.8 Å². The summed E-state index contributed by atoms with van der Waals surface area (Å²) in [7, 11) is 0. The molecule has 116 valence electrons. The molecule has 1 aliphatic carbocycles. The molecule has 0 aromatic carbocycles. The molecule has 0 unspecified atom stereocenters. The number of alkyl carbamates (subject to hydrolysis) is 1. The van der Waals surface area contributed by atoms with E-state index in [1.807, 2.05) is 0 Å². The van der Waals surface area contributed by atoms with Gasteiger partial charge in [-0.2, -0.15) is 11.8 Å². The Morgan fingerprint density at radius 2 is 2.29 bits per heavy atom. The zero-order valence-corrected chi connectivity index (χ0v) is 12.8. The third kappa shape index (κ3) is 4.99. The third-order valence-corrected chi connectivity index (χ3v) is 3.93. The lowest BCUT2D eigenvalue weighted by molar-refractivity contribution is -0.138. The highest BCUT2D eigenvalue weighted by Gasteiger charge is 2.29. The molecule has 0 fully saturated rings. The third-order valence-electron chi connectivity index (χ3n) is 3.27. The molecule has 0 heterocycles. The fourth-order valence-corrected chi connectivity index (χ4v) is 2.59. The maximum absolute atomic E-state index is 11.7. The van der Waals surface area contributed by atoms with E-state index in [9.17, 15) is 14.7 Å². The summed E-state index contributed by atoms with van der Waals surface area (Å²) in [6.45, 7) is 1.75. The van der Waals surface area contributed by atoms with Gasteiger partial charge in [-0.1, -0.05) is 5.92 Å². The minimum atomic E-state index is -1.12. The number of hydrogen-bond donors (Lipinski definition) is 3. The first-order valence-electron chi connectivity index (χ1n) is 6.42. The molecule has 0 saturated carbocycles. The van der Waals surface area contributed by atoms with Crippen molar-refractivity contribution in [2.45, 2.75) is 38.0 Å². The van der Waals surface area contributed by atoms with Crippen molar-refractivity contribution in [2.75, 3.05) is 12.0 Å². The maximum Gasteiger partial charge on any atom is 0.408 e. The quantitative estimate of drug-likeness (QED) is 0.655. The number of carbonyl (C=O) groups is 2. The number of hydrogen-bond acceptors (Lipinski definition) is 5. The molecule has 21 heavy (non-hydrogen) atoms. The number of terminal acetylenes is 1. The number of aliphatic hydroxyl groups is 1. The SMILES string of the molecule is C#CC1=C(C)[C@@H](O)C[C@H](OC(=O)N[C@@H](CSC)C(=O)O)C1. The van der Waals surface area contributed by atoms with Crippen LogP contribution in [0.15, 0.2) is 11.1 Å². The van der Waals surface area contributed by atoms with Gasteiger partial charge in [0.2, 0.25) is 0 Å². The molecule has 0 aromatic heterocycles. The largest absolute Gasteiger partial charge is 0.480 e. The number of amides is 1. The topological polar surface area (TPSA) is 95.9 Å². The number of aliphatic hydroxyl groups excluding tert-OH is 1. The second kappa shape index (κ2) is 7.96. The predicted molar refractivity (Wildman–Crippen MR) is 80.0 cm³/mol. The Balaban J connectivity index is 2.60. The van der Waals surface area contributed by atoms with Gasteiger partial charge in [0.1, 0.15) is 12.1 Å². The van der Waals surface area contributed by atoms with Crippen LogP contribution in [0.3, 0.4) is 0 Å². The average Bonchev–Trinajstić information content (AvgIpc) is 2.41. The number of ether oxygens (including phenoxy) is 1. The van der Waals surface area contributed by atoms with Crippen molar-refractivity contribution < 1.29 is 24.5 Å². The normalized spacial score (nSPS) is 23.1. The number of nitrogens with one attached hydrogen (secondary N) is 1. The first-order valence-corrected chi connectivity index (χ1v) is 7.81. The summed E-state index contributed by atoms with van der Waals surface area (Å²) in [5.41, 5.74) is 1.33. The molecule has 1 amide bonds. The van der Waals surface area contributed by atoms with Gasteiger partial charge in [-0.3, -0.25) is 0 Å². The number of aliphatic carboxylic acids is 1. The van der Waals surface area contributed by atoms with Crippen LogP contribution in [0.25, 0.3) is 0 Å². The summed E-state index contributed by atoms with van der Waals surface area (Å²) in [4.78, 5) is 22.7. The molecule has 3 N–H and O–H groups in total. The molecule has 0 bridgehead atoms. The Hall–Kier alpha value is -1.65. The van der Waals surface area contributed by atoms with Gasteiger partial charge in [0, 0.05) is 24.2 Å². The van der Waals surface area contributed by atoms with Crippen molar-refractivity contribution in [3.05, 3.63) is 11.1 Å². The van der Waals surface area contributed by atoms with Gasteiger partial charge < -0.3 is 20.3 Å². The molecule has 6 nitrogen and oxygen atoms in total. The van der Waals surface area contributed by atoms with Crippen LogP contribution in [-0.4, -0.2) is 52.5 Å². The fraction of sp³-hybridized carbons (Fsp3) is 0.571. The average molecular weight is 313 g/mol. The van der Waals surface area contributed by atoms with Gasteiger partial charge in [-0.15, -0.1) is 6.42 Å². The lowest BCUT2D eigenvalue weighted by Gasteiger charge is -2.28.